The van der Waals surface area contributed by atoms with Crippen molar-refractivity contribution in [3.8, 4) is 0 Å². The summed E-state index contributed by atoms with van der Waals surface area (Å²) in [6.45, 7) is 7.45. The highest BCUT2D eigenvalue weighted by Gasteiger charge is 2.31. The molecule has 5 nitrogen and oxygen atoms in total. The molecule has 1 atom stereocenters. The Labute approximate surface area is 145 Å². The van der Waals surface area contributed by atoms with Crippen LogP contribution in [0.2, 0.25) is 0 Å². The Balaban J connectivity index is 1.67. The number of amides is 1. The van der Waals surface area contributed by atoms with Crippen LogP contribution in [0.5, 0.6) is 0 Å². The number of hydrogen-bond donors (Lipinski definition) is 0. The normalized spacial score (nSPS) is 24.8. The Morgan fingerprint density at radius 1 is 0.958 bits per heavy atom. The van der Waals surface area contributed by atoms with E-state index in [9.17, 15) is 4.79 Å². The topological polar surface area (TPSA) is 30.0 Å². The quantitative estimate of drug-likeness (QED) is 0.831. The maximum Gasteiger partial charge on any atom is 0.237 e. The summed E-state index contributed by atoms with van der Waals surface area (Å²) in [6, 6.07) is 10.6. The van der Waals surface area contributed by atoms with Gasteiger partial charge in [0.05, 0.1) is 12.6 Å². The highest BCUT2D eigenvalue weighted by molar-refractivity contribution is 5.79. The zero-order valence-electron chi connectivity index (χ0n) is 15.0. The highest BCUT2D eigenvalue weighted by Crippen LogP contribution is 2.25. The lowest BCUT2D eigenvalue weighted by atomic mass is 10.0. The van der Waals surface area contributed by atoms with Gasteiger partial charge in [-0.3, -0.25) is 9.69 Å². The molecule has 132 valence electrons. The molecule has 0 unspecified atom stereocenters. The summed E-state index contributed by atoms with van der Waals surface area (Å²) in [5.74, 6) is 0.279. The van der Waals surface area contributed by atoms with E-state index >= 15 is 0 Å². The second-order valence-electron chi connectivity index (χ2n) is 7.21. The van der Waals surface area contributed by atoms with E-state index in [0.717, 1.165) is 52.2 Å². The van der Waals surface area contributed by atoms with Crippen LogP contribution in [-0.2, 0) is 4.79 Å². The number of rotatable bonds is 3. The van der Waals surface area contributed by atoms with Crippen LogP contribution >= 0.6 is 0 Å². The largest absolute Gasteiger partial charge is 0.332 e. The predicted molar refractivity (Wildman–Crippen MR) is 96.9 cm³/mol. The molecule has 2 aliphatic heterocycles. The monoisotopic (exact) mass is 330 g/mol. The molecule has 1 aromatic rings. The van der Waals surface area contributed by atoms with Gasteiger partial charge < -0.3 is 14.7 Å². The van der Waals surface area contributed by atoms with Crippen LogP contribution in [0.1, 0.15) is 18.0 Å². The van der Waals surface area contributed by atoms with E-state index in [1.165, 1.54) is 5.56 Å². The minimum absolute atomic E-state index is 0.173. The van der Waals surface area contributed by atoms with Gasteiger partial charge in [-0.1, -0.05) is 30.3 Å². The summed E-state index contributed by atoms with van der Waals surface area (Å²) in [5.41, 5.74) is 1.24. The maximum absolute atomic E-state index is 13.0. The lowest BCUT2D eigenvalue weighted by molar-refractivity contribution is -0.137. The van der Waals surface area contributed by atoms with Gasteiger partial charge in [-0.25, -0.2) is 0 Å². The standard InChI is InChI=1S/C19H30N4O/c1-20-9-6-10-22(13-11-20)16-19(24)23-14-12-21(2)15-18(23)17-7-4-3-5-8-17/h3-5,7-8,18H,6,9-16H2,1-2H3/t18-/m1/s1. The van der Waals surface area contributed by atoms with E-state index in [2.05, 4.69) is 58.0 Å². The SMILES string of the molecule is CN1CCCN(CC(=O)N2CCN(C)C[C@@H]2c2ccccc2)CC1. The highest BCUT2D eigenvalue weighted by atomic mass is 16.2. The molecule has 0 bridgehead atoms. The molecule has 3 rings (SSSR count). The average Bonchev–Trinajstić information content (AvgIpc) is 2.80. The number of hydrogen-bond acceptors (Lipinski definition) is 4. The van der Waals surface area contributed by atoms with Gasteiger partial charge in [0, 0.05) is 32.7 Å². The van der Waals surface area contributed by atoms with Gasteiger partial charge >= 0.3 is 0 Å². The van der Waals surface area contributed by atoms with Crippen LogP contribution in [0, 0.1) is 0 Å². The van der Waals surface area contributed by atoms with Gasteiger partial charge in [0.2, 0.25) is 5.91 Å². The fourth-order valence-corrected chi connectivity index (χ4v) is 3.72. The molecule has 2 fully saturated rings. The second-order valence-corrected chi connectivity index (χ2v) is 7.21. The van der Waals surface area contributed by atoms with Gasteiger partial charge in [0.1, 0.15) is 0 Å². The second kappa shape index (κ2) is 8.10. The fourth-order valence-electron chi connectivity index (χ4n) is 3.72. The van der Waals surface area contributed by atoms with E-state index < -0.39 is 0 Å². The average molecular weight is 330 g/mol. The zero-order valence-corrected chi connectivity index (χ0v) is 15.0. The molecule has 0 spiro atoms. The number of carbonyl (C=O) groups is 1. The van der Waals surface area contributed by atoms with E-state index in [0.29, 0.717) is 6.54 Å². The number of benzene rings is 1. The third-order valence-electron chi connectivity index (χ3n) is 5.26. The zero-order chi connectivity index (χ0) is 16.9. The molecule has 0 radical (unpaired) electrons. The van der Waals surface area contributed by atoms with Crippen LogP contribution in [0.3, 0.4) is 0 Å². The molecule has 0 saturated carbocycles. The Kier molecular flexibility index (Phi) is 5.87. The van der Waals surface area contributed by atoms with E-state index in [1.807, 2.05) is 6.07 Å². The van der Waals surface area contributed by atoms with Crippen molar-refractivity contribution < 1.29 is 4.79 Å². The van der Waals surface area contributed by atoms with Gasteiger partial charge in [0.15, 0.2) is 0 Å². The summed E-state index contributed by atoms with van der Waals surface area (Å²) >= 11 is 0. The van der Waals surface area contributed by atoms with Crippen molar-refractivity contribution in [2.45, 2.75) is 12.5 Å². The summed E-state index contributed by atoms with van der Waals surface area (Å²) in [7, 11) is 4.31. The lowest BCUT2D eigenvalue weighted by Crippen LogP contribution is -2.52. The smallest absolute Gasteiger partial charge is 0.237 e. The molecule has 2 saturated heterocycles. The van der Waals surface area contributed by atoms with E-state index in [1.54, 1.807) is 0 Å². The van der Waals surface area contributed by atoms with Gasteiger partial charge in [-0.2, -0.15) is 0 Å². The lowest BCUT2D eigenvalue weighted by Gasteiger charge is -2.41. The minimum atomic E-state index is 0.173. The Morgan fingerprint density at radius 3 is 2.50 bits per heavy atom. The molecule has 1 amide bonds. The number of carbonyl (C=O) groups excluding carboxylic acids is 1. The maximum atomic E-state index is 13.0. The van der Waals surface area contributed by atoms with Crippen LogP contribution in [0.15, 0.2) is 30.3 Å². The summed E-state index contributed by atoms with van der Waals surface area (Å²) < 4.78 is 0. The van der Waals surface area contributed by atoms with Crippen LogP contribution < -0.4 is 0 Å². The van der Waals surface area contributed by atoms with Crippen molar-refractivity contribution in [3.05, 3.63) is 35.9 Å². The van der Waals surface area contributed by atoms with Crippen molar-refractivity contribution in [2.75, 3.05) is 66.5 Å². The van der Waals surface area contributed by atoms with E-state index in [4.69, 9.17) is 0 Å². The molecule has 0 N–H and O–H groups in total. The third-order valence-corrected chi connectivity index (χ3v) is 5.26. The first-order valence-corrected chi connectivity index (χ1v) is 9.07. The molecule has 2 heterocycles. The first-order chi connectivity index (χ1) is 11.6. The molecular formula is C19H30N4O. The minimum Gasteiger partial charge on any atom is -0.332 e. The Hall–Kier alpha value is -1.43. The van der Waals surface area contributed by atoms with Crippen molar-refractivity contribution in [3.63, 3.8) is 0 Å². The summed E-state index contributed by atoms with van der Waals surface area (Å²) in [6.07, 6.45) is 1.15. The number of likely N-dealkylation sites (N-methyl/N-ethyl adjacent to an activating group) is 2. The molecule has 0 aromatic heterocycles. The first kappa shape index (κ1) is 17.4. The molecule has 1 aromatic carbocycles. The number of piperazine rings is 1. The molecule has 2 aliphatic rings. The van der Waals surface area contributed by atoms with Crippen molar-refractivity contribution in [2.24, 2.45) is 0 Å². The first-order valence-electron chi connectivity index (χ1n) is 9.07. The van der Waals surface area contributed by atoms with Gasteiger partial charge in [-0.05, 0) is 39.2 Å². The Bertz CT molecular complexity index is 535. The van der Waals surface area contributed by atoms with Gasteiger partial charge in [-0.15, -0.1) is 0 Å². The summed E-state index contributed by atoms with van der Waals surface area (Å²) in [4.78, 5) is 22.1. The van der Waals surface area contributed by atoms with Crippen molar-refractivity contribution in [1.29, 1.82) is 0 Å². The number of nitrogens with zero attached hydrogens (tertiary/aromatic N) is 4. The fraction of sp³-hybridized carbons (Fsp3) is 0.632. The molecule has 5 heteroatoms. The Morgan fingerprint density at radius 2 is 1.71 bits per heavy atom. The van der Waals surface area contributed by atoms with Crippen molar-refractivity contribution in [1.82, 2.24) is 19.6 Å². The van der Waals surface area contributed by atoms with Crippen LogP contribution in [0.4, 0.5) is 0 Å². The molecule has 24 heavy (non-hydrogen) atoms. The predicted octanol–water partition coefficient (Wildman–Crippen LogP) is 1.14. The molecular weight excluding hydrogens is 300 g/mol. The third kappa shape index (κ3) is 4.35. The molecule has 0 aliphatic carbocycles. The van der Waals surface area contributed by atoms with Crippen LogP contribution in [0.25, 0.3) is 0 Å². The van der Waals surface area contributed by atoms with Crippen molar-refractivity contribution >= 4 is 5.91 Å². The van der Waals surface area contributed by atoms with E-state index in [-0.39, 0.29) is 11.9 Å². The van der Waals surface area contributed by atoms with Gasteiger partial charge in [0.25, 0.3) is 0 Å². The van der Waals surface area contributed by atoms with Crippen LogP contribution in [-0.4, -0.2) is 92.0 Å². The summed E-state index contributed by atoms with van der Waals surface area (Å²) in [5, 5.41) is 0.